The highest BCUT2D eigenvalue weighted by Crippen LogP contribution is 2.46. The van der Waals surface area contributed by atoms with E-state index in [-0.39, 0.29) is 24.2 Å². The molecule has 7 nitrogen and oxygen atoms in total. The molecule has 0 amide bonds. The summed E-state index contributed by atoms with van der Waals surface area (Å²) in [5.74, 6) is 0.785. The Morgan fingerprint density at radius 1 is 1.05 bits per heavy atom. The van der Waals surface area contributed by atoms with Crippen LogP contribution in [0.3, 0.4) is 0 Å². The second-order valence-corrected chi connectivity index (χ2v) is 10.9. The standard InChI is InChI=1S/C30H32F3N3O4/c1-38-28(37)12-18-6-11-27(34-15-18)36-20-9-10-21(36)14-22(13-20)39-17-25-24(16-35-29(25)19-7-8-19)23-4-2-3-5-26(23)40-30(31,32)33/h2-6,11,15-16,19-22,35H,7-10,12-14,17H2,1H3. The van der Waals surface area contributed by atoms with Gasteiger partial charge in [0.1, 0.15) is 11.6 Å². The lowest BCUT2D eigenvalue weighted by Gasteiger charge is -2.39. The van der Waals surface area contributed by atoms with Gasteiger partial charge in [-0.05, 0) is 62.1 Å². The minimum absolute atomic E-state index is 0.0452. The second-order valence-electron chi connectivity index (χ2n) is 10.9. The molecule has 10 heteroatoms. The fraction of sp³-hybridized carbons (Fsp3) is 0.467. The molecule has 40 heavy (non-hydrogen) atoms. The number of para-hydroxylation sites is 1. The van der Waals surface area contributed by atoms with Gasteiger partial charge in [0, 0.05) is 46.9 Å². The van der Waals surface area contributed by atoms with Gasteiger partial charge in [-0.3, -0.25) is 4.79 Å². The van der Waals surface area contributed by atoms with E-state index >= 15 is 0 Å². The van der Waals surface area contributed by atoms with E-state index in [0.29, 0.717) is 35.7 Å². The molecule has 4 heterocycles. The number of pyridine rings is 1. The van der Waals surface area contributed by atoms with E-state index in [1.165, 1.54) is 13.2 Å². The first kappa shape index (κ1) is 26.7. The Bertz CT molecular complexity index is 1340. The van der Waals surface area contributed by atoms with Crippen molar-refractivity contribution < 1.29 is 32.2 Å². The molecule has 212 valence electrons. The summed E-state index contributed by atoms with van der Waals surface area (Å²) in [7, 11) is 1.37. The van der Waals surface area contributed by atoms with Crippen LogP contribution in [-0.2, 0) is 27.3 Å². The van der Waals surface area contributed by atoms with Crippen LogP contribution in [0.25, 0.3) is 11.1 Å². The van der Waals surface area contributed by atoms with Gasteiger partial charge in [0.05, 0.1) is 26.2 Å². The van der Waals surface area contributed by atoms with Crippen LogP contribution in [0.4, 0.5) is 19.0 Å². The first-order valence-electron chi connectivity index (χ1n) is 13.8. The van der Waals surface area contributed by atoms with Crippen molar-refractivity contribution in [1.29, 1.82) is 0 Å². The number of hydrogen-bond acceptors (Lipinski definition) is 6. The Hall–Kier alpha value is -3.53. The number of aromatic amines is 1. The highest BCUT2D eigenvalue weighted by atomic mass is 19.4. The van der Waals surface area contributed by atoms with Crippen molar-refractivity contribution in [2.24, 2.45) is 0 Å². The fourth-order valence-corrected chi connectivity index (χ4v) is 6.26. The molecule has 2 atom stereocenters. The molecule has 3 aromatic rings. The largest absolute Gasteiger partial charge is 0.573 e. The maximum Gasteiger partial charge on any atom is 0.573 e. The number of hydrogen-bond donors (Lipinski definition) is 1. The number of alkyl halides is 3. The number of aromatic nitrogens is 2. The van der Waals surface area contributed by atoms with Crippen LogP contribution in [0.2, 0.25) is 0 Å². The number of rotatable bonds is 9. The van der Waals surface area contributed by atoms with Gasteiger partial charge >= 0.3 is 12.3 Å². The first-order valence-corrected chi connectivity index (χ1v) is 13.8. The van der Waals surface area contributed by atoms with Crippen LogP contribution in [0.5, 0.6) is 5.75 Å². The fourth-order valence-electron chi connectivity index (χ4n) is 6.26. The van der Waals surface area contributed by atoms with Crippen LogP contribution >= 0.6 is 0 Å². The minimum atomic E-state index is -4.77. The molecule has 1 aliphatic carbocycles. The topological polar surface area (TPSA) is 76.7 Å². The Balaban J connectivity index is 1.16. The summed E-state index contributed by atoms with van der Waals surface area (Å²) in [5, 5.41) is 0. The van der Waals surface area contributed by atoms with E-state index < -0.39 is 6.36 Å². The van der Waals surface area contributed by atoms with Crippen molar-refractivity contribution in [2.45, 2.75) is 82.0 Å². The molecule has 2 aromatic heterocycles. The molecular formula is C30H32F3N3O4. The summed E-state index contributed by atoms with van der Waals surface area (Å²) in [6.07, 6.45) is 4.93. The van der Waals surface area contributed by atoms with Gasteiger partial charge < -0.3 is 24.1 Å². The molecule has 2 aliphatic heterocycles. The number of carbonyl (C=O) groups is 1. The van der Waals surface area contributed by atoms with Gasteiger partial charge in [-0.25, -0.2) is 4.98 Å². The maximum absolute atomic E-state index is 13.1. The van der Waals surface area contributed by atoms with Crippen molar-refractivity contribution in [3.63, 3.8) is 0 Å². The molecular weight excluding hydrogens is 523 g/mol. The van der Waals surface area contributed by atoms with Gasteiger partial charge in [-0.15, -0.1) is 13.2 Å². The highest BCUT2D eigenvalue weighted by Gasteiger charge is 2.42. The first-order chi connectivity index (χ1) is 19.3. The number of benzene rings is 1. The number of anilines is 1. The zero-order valence-electron chi connectivity index (χ0n) is 22.2. The van der Waals surface area contributed by atoms with Crippen LogP contribution in [0.15, 0.2) is 48.8 Å². The summed E-state index contributed by atoms with van der Waals surface area (Å²) in [6.45, 7) is 0.329. The zero-order chi connectivity index (χ0) is 27.9. The van der Waals surface area contributed by atoms with Crippen LogP contribution in [-0.4, -0.2) is 47.6 Å². The van der Waals surface area contributed by atoms with Gasteiger partial charge in [0.2, 0.25) is 0 Å². The Morgan fingerprint density at radius 3 is 2.45 bits per heavy atom. The molecule has 2 bridgehead atoms. The Kier molecular flexibility index (Phi) is 7.20. The average molecular weight is 556 g/mol. The molecule has 2 unspecified atom stereocenters. The second kappa shape index (κ2) is 10.8. The normalized spacial score (nSPS) is 22.4. The third-order valence-corrected chi connectivity index (χ3v) is 8.21. The van der Waals surface area contributed by atoms with Crippen molar-refractivity contribution in [1.82, 2.24) is 9.97 Å². The van der Waals surface area contributed by atoms with Gasteiger partial charge in [0.15, 0.2) is 0 Å². The number of esters is 1. The lowest BCUT2D eigenvalue weighted by molar-refractivity contribution is -0.274. The molecule has 6 rings (SSSR count). The van der Waals surface area contributed by atoms with Gasteiger partial charge in [0.25, 0.3) is 0 Å². The lowest BCUT2D eigenvalue weighted by atomic mass is 9.98. The van der Waals surface area contributed by atoms with E-state index in [4.69, 9.17) is 9.47 Å². The molecule has 2 saturated heterocycles. The highest BCUT2D eigenvalue weighted by molar-refractivity contribution is 5.74. The molecule has 3 aliphatic rings. The van der Waals surface area contributed by atoms with Gasteiger partial charge in [-0.2, -0.15) is 0 Å². The quantitative estimate of drug-likeness (QED) is 0.313. The maximum atomic E-state index is 13.1. The number of halogens is 3. The van der Waals surface area contributed by atoms with E-state index in [0.717, 1.165) is 61.2 Å². The number of methoxy groups -OCH3 is 1. The van der Waals surface area contributed by atoms with Crippen LogP contribution in [0, 0.1) is 0 Å². The van der Waals surface area contributed by atoms with Gasteiger partial charge in [-0.1, -0.05) is 24.3 Å². The third kappa shape index (κ3) is 5.68. The molecule has 0 spiro atoms. The van der Waals surface area contributed by atoms with Crippen LogP contribution < -0.4 is 9.64 Å². The Morgan fingerprint density at radius 2 is 1.80 bits per heavy atom. The van der Waals surface area contributed by atoms with E-state index in [9.17, 15) is 18.0 Å². The predicted octanol–water partition coefficient (Wildman–Crippen LogP) is 6.28. The Labute approximate surface area is 230 Å². The lowest BCUT2D eigenvalue weighted by Crippen LogP contribution is -2.46. The summed E-state index contributed by atoms with van der Waals surface area (Å²) in [4.78, 5) is 21.9. The molecule has 1 aromatic carbocycles. The number of H-pyrrole nitrogens is 1. The number of carbonyl (C=O) groups excluding carboxylic acids is 1. The number of fused-ring (bicyclic) bond motifs is 2. The summed E-state index contributed by atoms with van der Waals surface area (Å²) >= 11 is 0. The summed E-state index contributed by atoms with van der Waals surface area (Å²) in [6, 6.07) is 10.8. The number of ether oxygens (including phenoxy) is 3. The van der Waals surface area contributed by atoms with Crippen molar-refractivity contribution in [3.05, 3.63) is 65.6 Å². The predicted molar refractivity (Wildman–Crippen MR) is 142 cm³/mol. The number of nitrogens with zero attached hydrogens (tertiary/aromatic N) is 2. The number of nitrogens with one attached hydrogen (secondary N) is 1. The minimum Gasteiger partial charge on any atom is -0.469 e. The van der Waals surface area contributed by atoms with Crippen molar-refractivity contribution in [2.75, 3.05) is 12.0 Å². The zero-order valence-corrected chi connectivity index (χ0v) is 22.2. The summed E-state index contributed by atoms with van der Waals surface area (Å²) in [5.41, 5.74) is 3.88. The smallest absolute Gasteiger partial charge is 0.469 e. The molecule has 0 radical (unpaired) electrons. The van der Waals surface area contributed by atoms with Crippen molar-refractivity contribution in [3.8, 4) is 16.9 Å². The van der Waals surface area contributed by atoms with E-state index in [2.05, 4.69) is 19.6 Å². The van der Waals surface area contributed by atoms with Crippen molar-refractivity contribution >= 4 is 11.8 Å². The SMILES string of the molecule is COC(=O)Cc1ccc(N2C3CCC2CC(OCc2c(-c4ccccc4OC(F)(F)F)c[nH]c2C2CC2)C3)nc1. The summed E-state index contributed by atoms with van der Waals surface area (Å²) < 4.78 is 54.9. The molecule has 1 saturated carbocycles. The van der Waals surface area contributed by atoms with E-state index in [1.54, 1.807) is 30.6 Å². The molecule has 3 fully saturated rings. The third-order valence-electron chi connectivity index (χ3n) is 8.21. The van der Waals surface area contributed by atoms with E-state index in [1.807, 2.05) is 12.1 Å². The monoisotopic (exact) mass is 555 g/mol. The average Bonchev–Trinajstić information content (AvgIpc) is 3.63. The number of piperidine rings is 1. The van der Waals surface area contributed by atoms with Crippen LogP contribution in [0.1, 0.15) is 61.3 Å². The molecule has 1 N–H and O–H groups in total.